The number of rotatable bonds is 1. The minimum Gasteiger partial charge on any atom is -0.294 e. The summed E-state index contributed by atoms with van der Waals surface area (Å²) in [5.41, 5.74) is 6.01. The summed E-state index contributed by atoms with van der Waals surface area (Å²) in [6.45, 7) is 1.51. The van der Waals surface area contributed by atoms with Gasteiger partial charge in [-0.2, -0.15) is 0 Å². The van der Waals surface area contributed by atoms with Crippen LogP contribution in [0.1, 0.15) is 17.3 Å². The lowest BCUT2D eigenvalue weighted by Gasteiger charge is -1.89. The highest BCUT2D eigenvalue weighted by molar-refractivity contribution is 5.93. The molecule has 0 radical (unpaired) electrons. The minimum atomic E-state index is 0.0382. The van der Waals surface area contributed by atoms with Crippen LogP contribution in [0.4, 0.5) is 5.82 Å². The number of aromatic amines is 1. The molecule has 3 heteroatoms. The number of ketones is 1. The van der Waals surface area contributed by atoms with Crippen LogP contribution >= 0.6 is 0 Å². The van der Waals surface area contributed by atoms with E-state index in [4.69, 9.17) is 5.73 Å². The van der Waals surface area contributed by atoms with Gasteiger partial charge in [-0.15, -0.1) is 0 Å². The second kappa shape index (κ2) is 2.47. The van der Waals surface area contributed by atoms with E-state index in [-0.39, 0.29) is 5.78 Å². The first-order valence-electron chi connectivity index (χ1n) is 2.98. The van der Waals surface area contributed by atoms with Gasteiger partial charge < -0.3 is 0 Å². The predicted octanol–water partition coefficient (Wildman–Crippen LogP) is 0.286. The largest absolute Gasteiger partial charge is 0.294 e. The Hall–Kier alpha value is -1.38. The number of aromatic nitrogens is 1. The van der Waals surface area contributed by atoms with Crippen molar-refractivity contribution in [3.05, 3.63) is 23.9 Å². The predicted molar refractivity (Wildman–Crippen MR) is 37.4 cm³/mol. The fraction of sp³-hybridized carbons (Fsp3) is 0.143. The molecule has 1 aromatic rings. The molecule has 0 unspecified atom stereocenters. The van der Waals surface area contributed by atoms with Crippen LogP contribution in [0.3, 0.4) is 0 Å². The van der Waals surface area contributed by atoms with Crippen molar-refractivity contribution in [3.8, 4) is 0 Å². The third-order valence-electron chi connectivity index (χ3n) is 1.24. The van der Waals surface area contributed by atoms with E-state index in [9.17, 15) is 4.79 Å². The van der Waals surface area contributed by atoms with Gasteiger partial charge in [0, 0.05) is 6.07 Å². The zero-order valence-corrected chi connectivity index (χ0v) is 5.72. The Morgan fingerprint density at radius 3 is 2.70 bits per heavy atom. The number of hydrogen-bond acceptors (Lipinski definition) is 2. The number of nitrogens with one attached hydrogen (secondary N) is 1. The highest BCUT2D eigenvalue weighted by Crippen LogP contribution is 1.96. The minimum absolute atomic E-state index is 0.0382. The number of nitrogens with two attached hydrogens (primary N) is 1. The van der Waals surface area contributed by atoms with Gasteiger partial charge >= 0.3 is 0 Å². The van der Waals surface area contributed by atoms with Crippen LogP contribution in [0, 0.1) is 0 Å². The molecule has 0 bridgehead atoms. The lowest BCUT2D eigenvalue weighted by atomic mass is 10.2. The average molecular weight is 137 g/mol. The Morgan fingerprint density at radius 1 is 1.60 bits per heavy atom. The first kappa shape index (κ1) is 6.74. The summed E-state index contributed by atoms with van der Waals surface area (Å²) >= 11 is 0. The number of pyridine rings is 1. The molecule has 0 spiro atoms. The topological polar surface area (TPSA) is 57.2 Å². The van der Waals surface area contributed by atoms with Crippen molar-refractivity contribution in [2.45, 2.75) is 6.92 Å². The van der Waals surface area contributed by atoms with Crippen molar-refractivity contribution in [2.75, 3.05) is 5.73 Å². The lowest BCUT2D eigenvalue weighted by Crippen LogP contribution is -2.11. The molecule has 3 N–H and O–H groups in total. The molecule has 0 aliphatic rings. The highest BCUT2D eigenvalue weighted by atomic mass is 16.1. The van der Waals surface area contributed by atoms with Gasteiger partial charge in [-0.25, -0.2) is 4.98 Å². The maximum atomic E-state index is 10.7. The second-order valence-corrected chi connectivity index (χ2v) is 2.09. The van der Waals surface area contributed by atoms with Gasteiger partial charge in [-0.3, -0.25) is 10.5 Å². The van der Waals surface area contributed by atoms with Gasteiger partial charge in [-0.05, 0) is 13.0 Å². The molecule has 10 heavy (non-hydrogen) atoms. The van der Waals surface area contributed by atoms with E-state index in [2.05, 4.69) is 4.98 Å². The molecular formula is C7H9N2O+. The summed E-state index contributed by atoms with van der Waals surface area (Å²) in [6.07, 6.45) is 1.59. The maximum Gasteiger partial charge on any atom is 0.270 e. The summed E-state index contributed by atoms with van der Waals surface area (Å²) in [5, 5.41) is 0. The number of hydrogen-bond donors (Lipinski definition) is 1. The van der Waals surface area contributed by atoms with Crippen LogP contribution in [-0.2, 0) is 0 Å². The summed E-state index contributed by atoms with van der Waals surface area (Å²) in [4.78, 5) is 13.4. The average Bonchev–Trinajstić information content (AvgIpc) is 1.88. The van der Waals surface area contributed by atoms with Crippen molar-refractivity contribution in [2.24, 2.45) is 0 Å². The third kappa shape index (κ3) is 1.31. The van der Waals surface area contributed by atoms with E-state index in [1.165, 1.54) is 6.92 Å². The van der Waals surface area contributed by atoms with Crippen molar-refractivity contribution >= 4 is 11.6 Å². The molecule has 0 aromatic carbocycles. The zero-order chi connectivity index (χ0) is 7.56. The Bertz CT molecular complexity index is 240. The smallest absolute Gasteiger partial charge is 0.270 e. The Labute approximate surface area is 58.9 Å². The Kier molecular flexibility index (Phi) is 1.67. The molecule has 0 amide bonds. The van der Waals surface area contributed by atoms with Gasteiger partial charge in [0.2, 0.25) is 0 Å². The van der Waals surface area contributed by atoms with E-state index < -0.39 is 0 Å². The van der Waals surface area contributed by atoms with Crippen molar-refractivity contribution < 1.29 is 9.78 Å². The lowest BCUT2D eigenvalue weighted by molar-refractivity contribution is -0.360. The summed E-state index contributed by atoms with van der Waals surface area (Å²) in [6, 6.07) is 3.35. The van der Waals surface area contributed by atoms with E-state index >= 15 is 0 Å². The normalized spacial score (nSPS) is 9.30. The van der Waals surface area contributed by atoms with Crippen LogP contribution in [-0.4, -0.2) is 5.78 Å². The highest BCUT2D eigenvalue weighted by Gasteiger charge is 1.99. The molecule has 1 rings (SSSR count). The van der Waals surface area contributed by atoms with E-state index in [0.29, 0.717) is 11.4 Å². The van der Waals surface area contributed by atoms with Gasteiger partial charge in [0.05, 0.1) is 11.8 Å². The standard InChI is InChI=1S/C7H8N2O/c1-5(10)6-2-3-7(8)9-4-6/h2-4H,1H3,(H2,8,9)/p+1. The number of nitrogen functional groups attached to an aromatic ring is 1. The molecule has 0 atom stereocenters. The van der Waals surface area contributed by atoms with Crippen molar-refractivity contribution in [3.63, 3.8) is 0 Å². The molecule has 0 saturated heterocycles. The van der Waals surface area contributed by atoms with Crippen LogP contribution in [0.25, 0.3) is 0 Å². The maximum absolute atomic E-state index is 10.7. The molecule has 1 aromatic heterocycles. The molecule has 0 fully saturated rings. The number of Topliss-reactive ketones (excluding diaryl/α,β-unsaturated/α-hetero) is 1. The molecule has 3 nitrogen and oxygen atoms in total. The Morgan fingerprint density at radius 2 is 2.30 bits per heavy atom. The van der Waals surface area contributed by atoms with Crippen LogP contribution < -0.4 is 10.7 Å². The fourth-order valence-electron chi connectivity index (χ4n) is 0.656. The number of H-pyrrole nitrogens is 1. The van der Waals surface area contributed by atoms with Crippen LogP contribution in [0.2, 0.25) is 0 Å². The molecule has 0 saturated carbocycles. The summed E-state index contributed by atoms with van der Waals surface area (Å²) in [5.74, 6) is 0.598. The molecule has 1 heterocycles. The number of carbonyl (C=O) groups is 1. The van der Waals surface area contributed by atoms with E-state index in [1.807, 2.05) is 0 Å². The van der Waals surface area contributed by atoms with Gasteiger partial charge in [0.25, 0.3) is 5.82 Å². The third-order valence-corrected chi connectivity index (χ3v) is 1.24. The first-order valence-corrected chi connectivity index (χ1v) is 2.98. The molecule has 52 valence electrons. The number of carbonyl (C=O) groups excluding carboxylic acids is 1. The van der Waals surface area contributed by atoms with Crippen LogP contribution in [0.15, 0.2) is 18.3 Å². The summed E-state index contributed by atoms with van der Waals surface area (Å²) in [7, 11) is 0. The summed E-state index contributed by atoms with van der Waals surface area (Å²) < 4.78 is 0. The SMILES string of the molecule is CC(=O)c1ccc(N)[nH+]c1. The van der Waals surface area contributed by atoms with E-state index in [0.717, 1.165) is 0 Å². The monoisotopic (exact) mass is 137 g/mol. The van der Waals surface area contributed by atoms with Gasteiger partial charge in [0.15, 0.2) is 5.78 Å². The van der Waals surface area contributed by atoms with Gasteiger partial charge in [-0.1, -0.05) is 0 Å². The van der Waals surface area contributed by atoms with Crippen molar-refractivity contribution in [1.82, 2.24) is 0 Å². The molecular weight excluding hydrogens is 128 g/mol. The van der Waals surface area contributed by atoms with Gasteiger partial charge in [0.1, 0.15) is 0 Å². The quantitative estimate of drug-likeness (QED) is 0.565. The Balaban J connectivity index is 3.00. The number of anilines is 1. The van der Waals surface area contributed by atoms with Crippen LogP contribution in [0.5, 0.6) is 0 Å². The second-order valence-electron chi connectivity index (χ2n) is 2.09. The van der Waals surface area contributed by atoms with E-state index in [1.54, 1.807) is 18.3 Å². The molecule has 0 aliphatic heterocycles. The zero-order valence-electron chi connectivity index (χ0n) is 5.72. The first-order chi connectivity index (χ1) is 4.70. The fourth-order valence-corrected chi connectivity index (χ4v) is 0.656. The molecule has 0 aliphatic carbocycles. The van der Waals surface area contributed by atoms with Crippen molar-refractivity contribution in [1.29, 1.82) is 0 Å².